The van der Waals surface area contributed by atoms with Crippen LogP contribution >= 0.6 is 0 Å². The summed E-state index contributed by atoms with van der Waals surface area (Å²) in [6.07, 6.45) is -0.830. The second kappa shape index (κ2) is 8.87. The van der Waals surface area contributed by atoms with Crippen LogP contribution in [-0.4, -0.2) is 26.9 Å². The van der Waals surface area contributed by atoms with E-state index in [4.69, 9.17) is 9.15 Å². The maximum absolute atomic E-state index is 12.0. The van der Waals surface area contributed by atoms with Gasteiger partial charge in [-0.3, -0.25) is 19.7 Å². The number of rotatable bonds is 8. The molecule has 29 heavy (non-hydrogen) atoms. The van der Waals surface area contributed by atoms with E-state index in [-0.39, 0.29) is 36.1 Å². The van der Waals surface area contributed by atoms with E-state index in [1.165, 1.54) is 24.3 Å². The average molecular weight is 395 g/mol. The van der Waals surface area contributed by atoms with Gasteiger partial charge in [-0.25, -0.2) is 0 Å². The highest BCUT2D eigenvalue weighted by Crippen LogP contribution is 2.24. The Hall–Kier alpha value is -3.88. The van der Waals surface area contributed by atoms with Crippen molar-refractivity contribution in [3.05, 3.63) is 76.2 Å². The van der Waals surface area contributed by atoms with Crippen LogP contribution in [0.25, 0.3) is 11.5 Å². The highest BCUT2D eigenvalue weighted by Gasteiger charge is 2.20. The van der Waals surface area contributed by atoms with Gasteiger partial charge in [-0.2, -0.15) is 0 Å². The Kier molecular flexibility index (Phi) is 6.08. The predicted molar refractivity (Wildman–Crippen MR) is 101 cm³/mol. The fraction of sp³-hybridized carbons (Fsp3) is 0.200. The van der Waals surface area contributed by atoms with Gasteiger partial charge in [0.1, 0.15) is 0 Å². The van der Waals surface area contributed by atoms with Crippen LogP contribution in [0.5, 0.6) is 0 Å². The predicted octanol–water partition coefficient (Wildman–Crippen LogP) is 3.91. The molecule has 0 saturated carbocycles. The molecule has 0 N–H and O–H groups in total. The molecule has 3 rings (SSSR count). The maximum Gasteiger partial charge on any atom is 0.307 e. The Labute approximate surface area is 165 Å². The summed E-state index contributed by atoms with van der Waals surface area (Å²) in [6.45, 7) is 1.57. The van der Waals surface area contributed by atoms with Gasteiger partial charge in [0.25, 0.3) is 11.6 Å². The topological polar surface area (TPSA) is 125 Å². The molecule has 0 unspecified atom stereocenters. The molecular weight excluding hydrogens is 378 g/mol. The van der Waals surface area contributed by atoms with Crippen molar-refractivity contribution in [3.8, 4) is 11.5 Å². The Bertz CT molecular complexity index is 1010. The van der Waals surface area contributed by atoms with Gasteiger partial charge in [0, 0.05) is 29.7 Å². The van der Waals surface area contributed by atoms with Crippen molar-refractivity contribution in [2.45, 2.75) is 25.9 Å². The average Bonchev–Trinajstić information content (AvgIpc) is 3.23. The van der Waals surface area contributed by atoms with Crippen LogP contribution in [0.2, 0.25) is 0 Å². The maximum atomic E-state index is 12.0. The summed E-state index contributed by atoms with van der Waals surface area (Å²) in [5.41, 5.74) is 0.986. The lowest BCUT2D eigenvalue weighted by molar-refractivity contribution is -0.384. The fourth-order valence-electron chi connectivity index (χ4n) is 2.53. The summed E-state index contributed by atoms with van der Waals surface area (Å²) in [7, 11) is 0. The van der Waals surface area contributed by atoms with Crippen molar-refractivity contribution in [2.75, 3.05) is 0 Å². The number of nitro benzene ring substituents is 1. The number of nitrogens with zero attached hydrogens (tertiary/aromatic N) is 3. The highest BCUT2D eigenvalue weighted by atomic mass is 16.6. The normalized spacial score (nSPS) is 11.6. The second-order valence-corrected chi connectivity index (χ2v) is 6.17. The lowest BCUT2D eigenvalue weighted by Crippen LogP contribution is -2.11. The quantitative estimate of drug-likeness (QED) is 0.243. The number of Topliss-reactive ketones (excluding diaryl/α,β-unsaturated/α-hetero) is 1. The van der Waals surface area contributed by atoms with Crippen LogP contribution in [0, 0.1) is 10.1 Å². The molecule has 1 atom stereocenters. The number of aromatic nitrogens is 2. The van der Waals surface area contributed by atoms with Crippen LogP contribution in [0.4, 0.5) is 5.69 Å². The number of ketones is 1. The molecule has 0 saturated heterocycles. The Morgan fingerprint density at radius 3 is 2.41 bits per heavy atom. The molecule has 0 amide bonds. The summed E-state index contributed by atoms with van der Waals surface area (Å²) >= 11 is 0. The number of nitro groups is 1. The van der Waals surface area contributed by atoms with Crippen molar-refractivity contribution in [3.63, 3.8) is 0 Å². The monoisotopic (exact) mass is 395 g/mol. The molecule has 0 aliphatic rings. The third-order valence-corrected chi connectivity index (χ3v) is 4.07. The number of non-ortho nitro benzene ring substituents is 1. The smallest absolute Gasteiger partial charge is 0.307 e. The largest absolute Gasteiger partial charge is 0.453 e. The van der Waals surface area contributed by atoms with Gasteiger partial charge in [0.05, 0.1) is 11.3 Å². The van der Waals surface area contributed by atoms with Crippen molar-refractivity contribution >= 4 is 17.4 Å². The van der Waals surface area contributed by atoms with E-state index in [0.29, 0.717) is 11.1 Å². The Morgan fingerprint density at radius 2 is 1.76 bits per heavy atom. The number of hydrogen-bond acceptors (Lipinski definition) is 8. The number of carbonyl (C=O) groups excluding carboxylic acids is 2. The van der Waals surface area contributed by atoms with Gasteiger partial charge >= 0.3 is 5.97 Å². The minimum atomic E-state index is -0.798. The molecule has 0 aliphatic heterocycles. The van der Waals surface area contributed by atoms with Gasteiger partial charge < -0.3 is 9.15 Å². The molecule has 0 bridgehead atoms. The fourth-order valence-corrected chi connectivity index (χ4v) is 2.53. The summed E-state index contributed by atoms with van der Waals surface area (Å²) in [5.74, 6) is -0.469. The first kappa shape index (κ1) is 19.9. The zero-order valence-corrected chi connectivity index (χ0v) is 15.5. The van der Waals surface area contributed by atoms with E-state index in [1.807, 2.05) is 6.07 Å². The molecule has 0 aliphatic carbocycles. The lowest BCUT2D eigenvalue weighted by atomic mass is 10.1. The lowest BCUT2D eigenvalue weighted by Gasteiger charge is -2.09. The molecule has 1 heterocycles. The summed E-state index contributed by atoms with van der Waals surface area (Å²) < 4.78 is 10.7. The molecule has 3 aromatic rings. The molecule has 0 radical (unpaired) electrons. The van der Waals surface area contributed by atoms with Crippen molar-refractivity contribution in [2.24, 2.45) is 0 Å². The van der Waals surface area contributed by atoms with Crippen LogP contribution in [0.3, 0.4) is 0 Å². The van der Waals surface area contributed by atoms with E-state index < -0.39 is 17.0 Å². The first-order chi connectivity index (χ1) is 13.9. The van der Waals surface area contributed by atoms with Crippen molar-refractivity contribution < 1.29 is 23.7 Å². The third-order valence-electron chi connectivity index (χ3n) is 4.07. The molecular formula is C20H17N3O6. The van der Waals surface area contributed by atoms with E-state index in [1.54, 1.807) is 31.2 Å². The van der Waals surface area contributed by atoms with Gasteiger partial charge in [-0.1, -0.05) is 30.3 Å². The van der Waals surface area contributed by atoms with Gasteiger partial charge in [0.15, 0.2) is 11.9 Å². The molecule has 0 spiro atoms. The van der Waals surface area contributed by atoms with Gasteiger partial charge in [-0.05, 0) is 19.1 Å². The Morgan fingerprint density at radius 1 is 1.07 bits per heavy atom. The van der Waals surface area contributed by atoms with E-state index in [9.17, 15) is 19.7 Å². The summed E-state index contributed by atoms with van der Waals surface area (Å²) in [5, 5.41) is 18.4. The van der Waals surface area contributed by atoms with Gasteiger partial charge in [-0.15, -0.1) is 10.2 Å². The zero-order valence-electron chi connectivity index (χ0n) is 15.5. The summed E-state index contributed by atoms with van der Waals surface area (Å²) in [4.78, 5) is 34.3. The zero-order chi connectivity index (χ0) is 20.8. The molecule has 9 nitrogen and oxygen atoms in total. The second-order valence-electron chi connectivity index (χ2n) is 6.17. The van der Waals surface area contributed by atoms with Crippen LogP contribution in [-0.2, 0) is 9.53 Å². The number of esters is 1. The van der Waals surface area contributed by atoms with Crippen LogP contribution in [0.1, 0.15) is 42.1 Å². The molecule has 148 valence electrons. The van der Waals surface area contributed by atoms with Crippen molar-refractivity contribution in [1.82, 2.24) is 10.2 Å². The molecule has 2 aromatic carbocycles. The van der Waals surface area contributed by atoms with E-state index in [0.717, 1.165) is 0 Å². The number of benzene rings is 2. The Balaban J connectivity index is 1.55. The minimum absolute atomic E-state index is 0.0352. The molecule has 1 aromatic heterocycles. The number of ether oxygens (including phenoxy) is 1. The summed E-state index contributed by atoms with van der Waals surface area (Å²) in [6, 6.07) is 14.3. The molecule has 9 heteroatoms. The van der Waals surface area contributed by atoms with Crippen LogP contribution < -0.4 is 0 Å². The van der Waals surface area contributed by atoms with Crippen molar-refractivity contribution in [1.29, 1.82) is 0 Å². The SMILES string of the molecule is C[C@@H](OC(=O)CCC(=O)c1ccccc1)c1nnc(-c2ccc([N+](=O)[O-])cc2)o1. The van der Waals surface area contributed by atoms with E-state index in [2.05, 4.69) is 10.2 Å². The number of hydrogen-bond donors (Lipinski definition) is 0. The third kappa shape index (κ3) is 5.10. The number of carbonyl (C=O) groups is 2. The highest BCUT2D eigenvalue weighted by molar-refractivity contribution is 5.97. The first-order valence-corrected chi connectivity index (χ1v) is 8.80. The van der Waals surface area contributed by atoms with Gasteiger partial charge in [0.2, 0.25) is 5.89 Å². The van der Waals surface area contributed by atoms with E-state index >= 15 is 0 Å². The molecule has 0 fully saturated rings. The minimum Gasteiger partial charge on any atom is -0.453 e. The standard InChI is InChI=1S/C20H17N3O6/c1-13(28-18(25)12-11-17(24)14-5-3-2-4-6-14)19-21-22-20(29-19)15-7-9-16(10-8-15)23(26)27/h2-10,13H,11-12H2,1H3/t13-/m1/s1. The first-order valence-electron chi connectivity index (χ1n) is 8.80. The van der Waals surface area contributed by atoms with Crippen LogP contribution in [0.15, 0.2) is 59.0 Å².